The summed E-state index contributed by atoms with van der Waals surface area (Å²) < 4.78 is 53.1. The zero-order valence-electron chi connectivity index (χ0n) is 11.3. The highest BCUT2D eigenvalue weighted by atomic mass is 35.5. The number of aromatic nitrogens is 4. The maximum Gasteiger partial charge on any atom is 0.427 e. The van der Waals surface area contributed by atoms with Gasteiger partial charge in [-0.25, -0.2) is 9.37 Å². The first-order valence-corrected chi connectivity index (χ1v) is 7.35. The van der Waals surface area contributed by atoms with Crippen LogP contribution in [0.3, 0.4) is 0 Å². The molecule has 0 radical (unpaired) electrons. The monoisotopic (exact) mass is 373 g/mol. The predicted molar refractivity (Wildman–Crippen MR) is 77.6 cm³/mol. The van der Waals surface area contributed by atoms with Crippen LogP contribution in [0.25, 0.3) is 22.0 Å². The summed E-state index contributed by atoms with van der Waals surface area (Å²) in [6, 6.07) is 5.11. The van der Waals surface area contributed by atoms with Crippen molar-refractivity contribution in [3.05, 3.63) is 39.6 Å². The van der Waals surface area contributed by atoms with Gasteiger partial charge in [-0.3, -0.25) is 0 Å². The number of thiazole rings is 1. The molecule has 0 aliphatic rings. The summed E-state index contributed by atoms with van der Waals surface area (Å²) in [5, 5.41) is 17.8. The van der Waals surface area contributed by atoms with Crippen molar-refractivity contribution in [3.8, 4) is 28.0 Å². The molecule has 122 valence electrons. The van der Waals surface area contributed by atoms with Gasteiger partial charge in [-0.15, -0.1) is 16.4 Å². The Morgan fingerprint density at radius 2 is 1.96 bits per heavy atom. The first kappa shape index (κ1) is 16.4. The zero-order valence-corrected chi connectivity index (χ0v) is 12.9. The van der Waals surface area contributed by atoms with Crippen LogP contribution in [-0.4, -0.2) is 20.4 Å². The van der Waals surface area contributed by atoms with Crippen molar-refractivity contribution in [3.63, 3.8) is 0 Å². The molecule has 1 aromatic carbocycles. The summed E-state index contributed by atoms with van der Waals surface area (Å²) in [4.78, 5) is 2.87. The van der Waals surface area contributed by atoms with Gasteiger partial charge in [0.1, 0.15) is 27.5 Å². The molecule has 0 aliphatic carbocycles. The van der Waals surface area contributed by atoms with E-state index in [-0.39, 0.29) is 27.0 Å². The van der Waals surface area contributed by atoms with Gasteiger partial charge in [-0.05, 0) is 18.2 Å². The van der Waals surface area contributed by atoms with Gasteiger partial charge in [0.2, 0.25) is 0 Å². The fourth-order valence-electron chi connectivity index (χ4n) is 1.90. The van der Waals surface area contributed by atoms with Gasteiger partial charge < -0.3 is 0 Å². The topological polar surface area (TPSA) is 78.2 Å². The number of rotatable bonds is 2. The van der Waals surface area contributed by atoms with E-state index in [0.29, 0.717) is 11.3 Å². The average molecular weight is 374 g/mol. The third-order valence-corrected chi connectivity index (χ3v) is 4.37. The molecule has 0 atom stereocenters. The Hall–Kier alpha value is -2.51. The molecule has 0 amide bonds. The predicted octanol–water partition coefficient (Wildman–Crippen LogP) is 4.28. The van der Waals surface area contributed by atoms with Crippen molar-refractivity contribution in [2.75, 3.05) is 0 Å². The second kappa shape index (κ2) is 5.85. The van der Waals surface area contributed by atoms with Crippen LogP contribution in [0, 0.1) is 17.1 Å². The van der Waals surface area contributed by atoms with E-state index in [1.807, 2.05) is 0 Å². The zero-order chi connectivity index (χ0) is 17.5. The molecule has 2 aromatic heterocycles. The molecule has 0 fully saturated rings. The number of nitrogens with one attached hydrogen (secondary N) is 1. The maximum absolute atomic E-state index is 13.3. The molecule has 5 nitrogen and oxygen atoms in total. The minimum atomic E-state index is -4.71. The summed E-state index contributed by atoms with van der Waals surface area (Å²) in [5.74, 6) is -0.698. The Labute approximate surface area is 140 Å². The van der Waals surface area contributed by atoms with Crippen LogP contribution in [0.1, 0.15) is 10.6 Å². The van der Waals surface area contributed by atoms with E-state index in [4.69, 9.17) is 16.9 Å². The van der Waals surface area contributed by atoms with Crippen molar-refractivity contribution in [2.24, 2.45) is 0 Å². The number of nitrogens with zero attached hydrogens (tertiary/aromatic N) is 4. The minimum absolute atomic E-state index is 0.0360. The van der Waals surface area contributed by atoms with Gasteiger partial charge in [0.25, 0.3) is 0 Å². The molecule has 3 rings (SSSR count). The molecule has 0 saturated heterocycles. The number of nitriles is 1. The third kappa shape index (κ3) is 2.83. The van der Waals surface area contributed by atoms with Crippen molar-refractivity contribution >= 4 is 22.9 Å². The van der Waals surface area contributed by atoms with Crippen LogP contribution in [0.5, 0.6) is 0 Å². The van der Waals surface area contributed by atoms with E-state index in [0.717, 1.165) is 6.07 Å². The number of alkyl halides is 3. The number of benzene rings is 1. The number of hydrogen-bond acceptors (Lipinski definition) is 5. The van der Waals surface area contributed by atoms with Crippen LogP contribution in [0.15, 0.2) is 18.2 Å². The SMILES string of the molecule is N#Cc1n[nH]nc1-c1nc(-c2ccc(F)c(Cl)c2)sc1C(F)(F)F. The van der Waals surface area contributed by atoms with Crippen LogP contribution < -0.4 is 0 Å². The molecule has 0 saturated carbocycles. The molecule has 0 bridgehead atoms. The quantitative estimate of drug-likeness (QED) is 0.680. The number of H-pyrrole nitrogens is 1. The number of halogens is 5. The summed E-state index contributed by atoms with van der Waals surface area (Å²) in [6.07, 6.45) is -4.71. The molecular formula is C13H4ClF4N5S. The lowest BCUT2D eigenvalue weighted by atomic mass is 10.2. The molecule has 0 spiro atoms. The van der Waals surface area contributed by atoms with E-state index in [1.54, 1.807) is 6.07 Å². The fourth-order valence-corrected chi connectivity index (χ4v) is 3.01. The van der Waals surface area contributed by atoms with Crippen molar-refractivity contribution in [1.82, 2.24) is 20.4 Å². The van der Waals surface area contributed by atoms with Crippen LogP contribution in [-0.2, 0) is 6.18 Å². The number of hydrogen-bond donors (Lipinski definition) is 1. The fraction of sp³-hybridized carbons (Fsp3) is 0.0769. The van der Waals surface area contributed by atoms with Crippen molar-refractivity contribution in [1.29, 1.82) is 5.26 Å². The summed E-state index contributed by atoms with van der Waals surface area (Å²) in [5.41, 5.74) is -0.923. The van der Waals surface area contributed by atoms with E-state index in [9.17, 15) is 17.6 Å². The average Bonchev–Trinajstić information content (AvgIpc) is 3.14. The van der Waals surface area contributed by atoms with E-state index < -0.39 is 22.6 Å². The maximum atomic E-state index is 13.3. The van der Waals surface area contributed by atoms with Crippen LogP contribution in [0.4, 0.5) is 17.6 Å². The van der Waals surface area contributed by atoms with E-state index >= 15 is 0 Å². The molecule has 11 heteroatoms. The van der Waals surface area contributed by atoms with Crippen LogP contribution in [0.2, 0.25) is 5.02 Å². The first-order valence-electron chi connectivity index (χ1n) is 6.16. The lowest BCUT2D eigenvalue weighted by Crippen LogP contribution is -2.04. The van der Waals surface area contributed by atoms with Crippen molar-refractivity contribution < 1.29 is 17.6 Å². The van der Waals surface area contributed by atoms with Crippen molar-refractivity contribution in [2.45, 2.75) is 6.18 Å². The Bertz CT molecular complexity index is 956. The molecule has 0 aliphatic heterocycles. The Morgan fingerprint density at radius 1 is 1.21 bits per heavy atom. The van der Waals surface area contributed by atoms with E-state index in [1.165, 1.54) is 12.1 Å². The second-order valence-corrected chi connectivity index (χ2v) is 5.86. The van der Waals surface area contributed by atoms with Gasteiger partial charge in [0.05, 0.1) is 5.02 Å². The van der Waals surface area contributed by atoms with Crippen LogP contribution >= 0.6 is 22.9 Å². The van der Waals surface area contributed by atoms with Gasteiger partial charge in [0, 0.05) is 5.56 Å². The highest BCUT2D eigenvalue weighted by Crippen LogP contribution is 2.43. The normalized spacial score (nSPS) is 11.5. The summed E-state index contributed by atoms with van der Waals surface area (Å²) >= 11 is 6.00. The van der Waals surface area contributed by atoms with Gasteiger partial charge in [-0.1, -0.05) is 11.6 Å². The largest absolute Gasteiger partial charge is 0.427 e. The smallest absolute Gasteiger partial charge is 0.234 e. The summed E-state index contributed by atoms with van der Waals surface area (Å²) in [7, 11) is 0. The molecular weight excluding hydrogens is 370 g/mol. The molecule has 24 heavy (non-hydrogen) atoms. The second-order valence-electron chi connectivity index (χ2n) is 4.46. The molecule has 0 unspecified atom stereocenters. The van der Waals surface area contributed by atoms with E-state index in [2.05, 4.69) is 20.4 Å². The summed E-state index contributed by atoms with van der Waals surface area (Å²) in [6.45, 7) is 0. The standard InChI is InChI=1S/C13H4ClF4N5S/c14-6-3-5(1-2-7(6)15)12-20-10(11(24-12)13(16,17)18)9-8(4-19)21-23-22-9/h1-3H,(H,21,22,23). The minimum Gasteiger partial charge on any atom is -0.234 e. The molecule has 1 N–H and O–H groups in total. The highest BCUT2D eigenvalue weighted by molar-refractivity contribution is 7.15. The van der Waals surface area contributed by atoms with Gasteiger partial charge >= 0.3 is 6.18 Å². The lowest BCUT2D eigenvalue weighted by molar-refractivity contribution is -0.134. The Kier molecular flexibility index (Phi) is 3.98. The third-order valence-electron chi connectivity index (χ3n) is 2.93. The Morgan fingerprint density at radius 3 is 2.58 bits per heavy atom. The first-order chi connectivity index (χ1) is 11.3. The number of aromatic amines is 1. The molecule has 3 aromatic rings. The molecule has 2 heterocycles. The Balaban J connectivity index is 2.21. The lowest BCUT2D eigenvalue weighted by Gasteiger charge is -2.03. The van der Waals surface area contributed by atoms with Gasteiger partial charge in [0.15, 0.2) is 11.4 Å². The van der Waals surface area contributed by atoms with Gasteiger partial charge in [-0.2, -0.15) is 28.7 Å². The highest BCUT2D eigenvalue weighted by Gasteiger charge is 2.39.